The highest BCUT2D eigenvalue weighted by Crippen LogP contribution is 2.06. The molecule has 0 saturated heterocycles. The number of aromatic amines is 1. The molecule has 0 spiro atoms. The average Bonchev–Trinajstić information content (AvgIpc) is 2.83. The molecular formula is C11H10N2O3S. The number of thiophene rings is 1. The maximum atomic E-state index is 11.8. The van der Waals surface area contributed by atoms with Crippen molar-refractivity contribution in [3.05, 3.63) is 55.0 Å². The molecular weight excluding hydrogens is 240 g/mol. The summed E-state index contributed by atoms with van der Waals surface area (Å²) >= 11 is 1.40. The molecule has 2 rings (SSSR count). The van der Waals surface area contributed by atoms with Crippen LogP contribution in [0.5, 0.6) is 0 Å². The van der Waals surface area contributed by atoms with Crippen LogP contribution in [0.4, 0.5) is 0 Å². The first-order valence-electron chi connectivity index (χ1n) is 4.94. The van der Waals surface area contributed by atoms with E-state index in [-0.39, 0.29) is 12.3 Å². The van der Waals surface area contributed by atoms with E-state index in [9.17, 15) is 14.4 Å². The van der Waals surface area contributed by atoms with Gasteiger partial charge in [-0.2, -0.15) is 11.3 Å². The van der Waals surface area contributed by atoms with E-state index in [4.69, 9.17) is 0 Å². The van der Waals surface area contributed by atoms with Crippen LogP contribution in [0.3, 0.4) is 0 Å². The van der Waals surface area contributed by atoms with Gasteiger partial charge in [-0.1, -0.05) is 0 Å². The Morgan fingerprint density at radius 1 is 1.47 bits per heavy atom. The SMILES string of the molecule is Cc1c[nH]c(=O)n(CC(=O)c2ccsc2)c1=O. The lowest BCUT2D eigenvalue weighted by molar-refractivity contribution is 0.0969. The van der Waals surface area contributed by atoms with Gasteiger partial charge in [-0.05, 0) is 18.4 Å². The summed E-state index contributed by atoms with van der Waals surface area (Å²) in [5, 5.41) is 3.47. The van der Waals surface area contributed by atoms with Crippen molar-refractivity contribution in [2.75, 3.05) is 0 Å². The summed E-state index contributed by atoms with van der Waals surface area (Å²) in [5.74, 6) is -0.246. The number of ketones is 1. The Morgan fingerprint density at radius 2 is 2.24 bits per heavy atom. The number of carbonyl (C=O) groups is 1. The van der Waals surface area contributed by atoms with Crippen LogP contribution in [0, 0.1) is 6.92 Å². The number of aromatic nitrogens is 2. The third-order valence-electron chi connectivity index (χ3n) is 2.38. The highest BCUT2D eigenvalue weighted by molar-refractivity contribution is 7.08. The Hall–Kier alpha value is -1.95. The minimum absolute atomic E-state index is 0.230. The third-order valence-corrected chi connectivity index (χ3v) is 3.07. The average molecular weight is 250 g/mol. The predicted octanol–water partition coefficient (Wildman–Crippen LogP) is 0.789. The second-order valence-corrected chi connectivity index (χ2v) is 4.38. The molecule has 0 aromatic carbocycles. The van der Waals surface area contributed by atoms with Gasteiger partial charge in [-0.15, -0.1) is 0 Å². The largest absolute Gasteiger partial charge is 0.328 e. The van der Waals surface area contributed by atoms with Gasteiger partial charge in [-0.3, -0.25) is 14.2 Å². The van der Waals surface area contributed by atoms with Gasteiger partial charge in [0.15, 0.2) is 5.78 Å². The Kier molecular flexibility index (Phi) is 3.06. The third kappa shape index (κ3) is 2.26. The number of aryl methyl sites for hydroxylation is 1. The number of nitrogens with one attached hydrogen (secondary N) is 1. The second kappa shape index (κ2) is 4.50. The Bertz CT molecular complexity index is 652. The predicted molar refractivity (Wildman–Crippen MR) is 64.7 cm³/mol. The van der Waals surface area contributed by atoms with Crippen LogP contribution in [0.25, 0.3) is 0 Å². The molecule has 0 fully saturated rings. The number of Topliss-reactive ketones (excluding diaryl/α,β-unsaturated/α-hetero) is 1. The number of carbonyl (C=O) groups excluding carboxylic acids is 1. The standard InChI is InChI=1S/C11H10N2O3S/c1-7-4-12-11(16)13(10(7)15)5-9(14)8-2-3-17-6-8/h2-4,6H,5H2,1H3,(H,12,16). The number of nitrogens with zero attached hydrogens (tertiary/aromatic N) is 1. The highest BCUT2D eigenvalue weighted by Gasteiger charge is 2.11. The van der Waals surface area contributed by atoms with Gasteiger partial charge in [0.1, 0.15) is 0 Å². The minimum Gasteiger partial charge on any atom is -0.314 e. The zero-order valence-electron chi connectivity index (χ0n) is 9.10. The molecule has 17 heavy (non-hydrogen) atoms. The fourth-order valence-corrected chi connectivity index (χ4v) is 2.08. The van der Waals surface area contributed by atoms with Crippen molar-refractivity contribution < 1.29 is 4.79 Å². The summed E-state index contributed by atoms with van der Waals surface area (Å²) in [6, 6.07) is 1.67. The van der Waals surface area contributed by atoms with Crippen molar-refractivity contribution in [1.82, 2.24) is 9.55 Å². The van der Waals surface area contributed by atoms with E-state index in [0.29, 0.717) is 11.1 Å². The summed E-state index contributed by atoms with van der Waals surface area (Å²) in [6.07, 6.45) is 1.34. The number of hydrogen-bond donors (Lipinski definition) is 1. The summed E-state index contributed by atoms with van der Waals surface area (Å²) in [6.45, 7) is 1.36. The van der Waals surface area contributed by atoms with Crippen LogP contribution in [0.1, 0.15) is 15.9 Å². The van der Waals surface area contributed by atoms with Crippen molar-refractivity contribution in [2.24, 2.45) is 0 Å². The van der Waals surface area contributed by atoms with Crippen LogP contribution >= 0.6 is 11.3 Å². The van der Waals surface area contributed by atoms with Crippen molar-refractivity contribution in [1.29, 1.82) is 0 Å². The summed E-state index contributed by atoms with van der Waals surface area (Å²) in [5.41, 5.74) is -0.0768. The lowest BCUT2D eigenvalue weighted by Gasteiger charge is -2.03. The van der Waals surface area contributed by atoms with Crippen molar-refractivity contribution >= 4 is 17.1 Å². The van der Waals surface area contributed by atoms with E-state index in [1.165, 1.54) is 17.5 Å². The molecule has 2 aromatic rings. The van der Waals surface area contributed by atoms with E-state index in [2.05, 4.69) is 4.98 Å². The normalized spacial score (nSPS) is 10.4. The first-order valence-corrected chi connectivity index (χ1v) is 5.88. The van der Waals surface area contributed by atoms with E-state index in [1.807, 2.05) is 0 Å². The lowest BCUT2D eigenvalue weighted by atomic mass is 10.2. The Balaban J connectivity index is 2.38. The molecule has 88 valence electrons. The topological polar surface area (TPSA) is 71.9 Å². The molecule has 0 aliphatic heterocycles. The molecule has 1 N–H and O–H groups in total. The molecule has 2 heterocycles. The molecule has 0 bridgehead atoms. The van der Waals surface area contributed by atoms with Gasteiger partial charge < -0.3 is 4.98 Å². The van der Waals surface area contributed by atoms with E-state index in [0.717, 1.165) is 4.57 Å². The molecule has 2 aromatic heterocycles. The molecule has 0 aliphatic carbocycles. The van der Waals surface area contributed by atoms with Gasteiger partial charge in [0, 0.05) is 22.7 Å². The van der Waals surface area contributed by atoms with E-state index < -0.39 is 11.2 Å². The molecule has 5 nitrogen and oxygen atoms in total. The van der Waals surface area contributed by atoms with Gasteiger partial charge in [0.2, 0.25) is 0 Å². The summed E-state index contributed by atoms with van der Waals surface area (Å²) in [7, 11) is 0. The number of rotatable bonds is 3. The Morgan fingerprint density at radius 3 is 2.88 bits per heavy atom. The Labute approximate surface area is 100 Å². The molecule has 0 saturated carbocycles. The first kappa shape index (κ1) is 11.5. The van der Waals surface area contributed by atoms with E-state index in [1.54, 1.807) is 23.8 Å². The van der Waals surface area contributed by atoms with Crippen LogP contribution in [0.15, 0.2) is 32.6 Å². The van der Waals surface area contributed by atoms with Crippen LogP contribution < -0.4 is 11.2 Å². The van der Waals surface area contributed by atoms with Gasteiger partial charge in [-0.25, -0.2) is 4.79 Å². The summed E-state index contributed by atoms with van der Waals surface area (Å²) in [4.78, 5) is 37.3. The molecule has 0 atom stereocenters. The molecule has 0 unspecified atom stereocenters. The number of hydrogen-bond acceptors (Lipinski definition) is 4. The number of H-pyrrole nitrogens is 1. The van der Waals surface area contributed by atoms with Crippen LogP contribution in [-0.2, 0) is 6.54 Å². The summed E-state index contributed by atoms with van der Waals surface area (Å²) < 4.78 is 0.912. The van der Waals surface area contributed by atoms with Gasteiger partial charge >= 0.3 is 5.69 Å². The fraction of sp³-hybridized carbons (Fsp3) is 0.182. The van der Waals surface area contributed by atoms with Crippen LogP contribution in [0.2, 0.25) is 0 Å². The van der Waals surface area contributed by atoms with Crippen molar-refractivity contribution in [3.63, 3.8) is 0 Å². The quantitative estimate of drug-likeness (QED) is 0.818. The maximum absolute atomic E-state index is 11.8. The van der Waals surface area contributed by atoms with Crippen molar-refractivity contribution in [2.45, 2.75) is 13.5 Å². The highest BCUT2D eigenvalue weighted by atomic mass is 32.1. The van der Waals surface area contributed by atoms with Gasteiger partial charge in [0.25, 0.3) is 5.56 Å². The first-order chi connectivity index (χ1) is 8.09. The second-order valence-electron chi connectivity index (χ2n) is 3.60. The molecule has 0 aliphatic rings. The van der Waals surface area contributed by atoms with E-state index >= 15 is 0 Å². The maximum Gasteiger partial charge on any atom is 0.328 e. The monoisotopic (exact) mass is 250 g/mol. The van der Waals surface area contributed by atoms with Crippen molar-refractivity contribution in [3.8, 4) is 0 Å². The van der Waals surface area contributed by atoms with Crippen LogP contribution in [-0.4, -0.2) is 15.3 Å². The lowest BCUT2D eigenvalue weighted by Crippen LogP contribution is -2.38. The fourth-order valence-electron chi connectivity index (χ4n) is 1.42. The van der Waals surface area contributed by atoms with Gasteiger partial charge in [0.05, 0.1) is 6.54 Å². The molecule has 0 radical (unpaired) electrons. The molecule has 6 heteroatoms. The zero-order chi connectivity index (χ0) is 12.4. The zero-order valence-corrected chi connectivity index (χ0v) is 9.91. The smallest absolute Gasteiger partial charge is 0.314 e. The molecule has 0 amide bonds. The minimum atomic E-state index is -0.566.